The van der Waals surface area contributed by atoms with Crippen LogP contribution in [0.1, 0.15) is 26.5 Å². The number of rotatable bonds is 3. The first-order valence-corrected chi connectivity index (χ1v) is 5.76. The van der Waals surface area contributed by atoms with Crippen molar-refractivity contribution in [2.24, 2.45) is 0 Å². The van der Waals surface area contributed by atoms with Crippen LogP contribution in [0.25, 0.3) is 0 Å². The van der Waals surface area contributed by atoms with Crippen molar-refractivity contribution in [3.63, 3.8) is 0 Å². The molecule has 0 aliphatic carbocycles. The lowest BCUT2D eigenvalue weighted by atomic mass is 10.1. The van der Waals surface area contributed by atoms with Crippen molar-refractivity contribution in [3.05, 3.63) is 52.4 Å². The predicted molar refractivity (Wildman–Crippen MR) is 69.8 cm³/mol. The van der Waals surface area contributed by atoms with Crippen LogP contribution in [-0.2, 0) is 0 Å². The fourth-order valence-corrected chi connectivity index (χ4v) is 1.70. The molecule has 19 heavy (non-hydrogen) atoms. The summed E-state index contributed by atoms with van der Waals surface area (Å²) in [4.78, 5) is 22.6. The number of benzene rings is 1. The maximum Gasteiger partial charge on any atom is 0.335 e. The van der Waals surface area contributed by atoms with Crippen LogP contribution in [0.2, 0.25) is 5.22 Å². The van der Waals surface area contributed by atoms with Crippen LogP contribution in [0, 0.1) is 6.92 Å². The van der Waals surface area contributed by atoms with Gasteiger partial charge in [-0.05, 0) is 54.4 Å². The largest absolute Gasteiger partial charge is 0.478 e. The Balaban J connectivity index is 2.20. The third-order valence-electron chi connectivity index (χ3n) is 2.52. The summed E-state index contributed by atoms with van der Waals surface area (Å²) in [6.07, 6.45) is 0. The number of nitrogens with one attached hydrogen (secondary N) is 1. The van der Waals surface area contributed by atoms with Gasteiger partial charge in [0.25, 0.3) is 5.91 Å². The number of carbonyl (C=O) groups excluding carboxylic acids is 1. The Morgan fingerprint density at radius 3 is 2.53 bits per heavy atom. The number of hydrogen-bond acceptors (Lipinski definition) is 3. The molecule has 0 fully saturated rings. The van der Waals surface area contributed by atoms with Crippen molar-refractivity contribution in [2.45, 2.75) is 6.92 Å². The van der Waals surface area contributed by atoms with Gasteiger partial charge < -0.3 is 14.8 Å². The second-order valence-electron chi connectivity index (χ2n) is 3.89. The lowest BCUT2D eigenvalue weighted by Crippen LogP contribution is -2.12. The minimum atomic E-state index is -1.02. The number of carboxylic acid groups (broad SMARTS) is 1. The standard InChI is InChI=1S/C13H10ClNO4/c1-7-6-8(13(17)18)2-3-9(7)15-12(16)10-4-5-11(14)19-10/h2-6H,1H3,(H,15,16)(H,17,18). The molecule has 0 aliphatic rings. The molecular formula is C13H10ClNO4. The molecule has 0 saturated carbocycles. The maximum atomic E-state index is 11.8. The zero-order chi connectivity index (χ0) is 14.0. The molecule has 1 aromatic heterocycles. The van der Waals surface area contributed by atoms with Crippen molar-refractivity contribution in [2.75, 3.05) is 5.32 Å². The molecule has 1 aromatic carbocycles. The van der Waals surface area contributed by atoms with Crippen LogP contribution in [-0.4, -0.2) is 17.0 Å². The quantitative estimate of drug-likeness (QED) is 0.904. The Bertz CT molecular complexity index is 648. The molecule has 0 spiro atoms. The first-order chi connectivity index (χ1) is 8.97. The number of hydrogen-bond donors (Lipinski definition) is 2. The minimum Gasteiger partial charge on any atom is -0.478 e. The first-order valence-electron chi connectivity index (χ1n) is 5.38. The molecule has 2 N–H and O–H groups in total. The summed E-state index contributed by atoms with van der Waals surface area (Å²) >= 11 is 5.58. The highest BCUT2D eigenvalue weighted by Gasteiger charge is 2.13. The number of halogens is 1. The van der Waals surface area contributed by atoms with E-state index in [4.69, 9.17) is 21.1 Å². The van der Waals surface area contributed by atoms with Gasteiger partial charge in [-0.2, -0.15) is 0 Å². The van der Waals surface area contributed by atoms with Crippen molar-refractivity contribution in [1.29, 1.82) is 0 Å². The highest BCUT2D eigenvalue weighted by atomic mass is 35.5. The molecule has 0 saturated heterocycles. The van der Waals surface area contributed by atoms with Crippen LogP contribution in [0.15, 0.2) is 34.7 Å². The number of anilines is 1. The monoisotopic (exact) mass is 279 g/mol. The van der Waals surface area contributed by atoms with Crippen molar-refractivity contribution >= 4 is 29.2 Å². The average Bonchev–Trinajstić information content (AvgIpc) is 2.78. The molecule has 0 aliphatic heterocycles. The fourth-order valence-electron chi connectivity index (χ4n) is 1.56. The average molecular weight is 280 g/mol. The summed E-state index contributed by atoms with van der Waals surface area (Å²) in [5.41, 5.74) is 1.32. The smallest absolute Gasteiger partial charge is 0.335 e. The Morgan fingerprint density at radius 2 is 2.00 bits per heavy atom. The van der Waals surface area contributed by atoms with Crippen LogP contribution >= 0.6 is 11.6 Å². The van der Waals surface area contributed by atoms with Crippen LogP contribution in [0.4, 0.5) is 5.69 Å². The predicted octanol–water partition coefficient (Wildman–Crippen LogP) is 3.19. The zero-order valence-electron chi connectivity index (χ0n) is 9.94. The maximum absolute atomic E-state index is 11.8. The van der Waals surface area contributed by atoms with Gasteiger partial charge in [0.05, 0.1) is 5.56 Å². The van der Waals surface area contributed by atoms with Gasteiger partial charge in [0.2, 0.25) is 0 Å². The summed E-state index contributed by atoms with van der Waals surface area (Å²) in [5.74, 6) is -1.37. The molecule has 6 heteroatoms. The van der Waals surface area contributed by atoms with Crippen LogP contribution in [0.3, 0.4) is 0 Å². The molecule has 2 aromatic rings. The molecule has 1 heterocycles. The molecule has 0 atom stereocenters. The third-order valence-corrected chi connectivity index (χ3v) is 2.72. The van der Waals surface area contributed by atoms with Gasteiger partial charge in [0, 0.05) is 5.69 Å². The van der Waals surface area contributed by atoms with E-state index < -0.39 is 11.9 Å². The second-order valence-corrected chi connectivity index (χ2v) is 4.27. The van der Waals surface area contributed by atoms with Gasteiger partial charge in [0.15, 0.2) is 11.0 Å². The zero-order valence-corrected chi connectivity index (χ0v) is 10.7. The van der Waals surface area contributed by atoms with Crippen molar-refractivity contribution in [3.8, 4) is 0 Å². The molecule has 1 amide bonds. The van der Waals surface area contributed by atoms with E-state index in [1.54, 1.807) is 6.92 Å². The van der Waals surface area contributed by atoms with Crippen molar-refractivity contribution in [1.82, 2.24) is 0 Å². The normalized spacial score (nSPS) is 10.2. The Hall–Kier alpha value is -2.27. The van der Waals surface area contributed by atoms with E-state index in [-0.39, 0.29) is 16.5 Å². The minimum absolute atomic E-state index is 0.0895. The summed E-state index contributed by atoms with van der Waals surface area (Å²) in [7, 11) is 0. The SMILES string of the molecule is Cc1cc(C(=O)O)ccc1NC(=O)c1ccc(Cl)o1. The van der Waals surface area contributed by atoms with Gasteiger partial charge in [-0.1, -0.05) is 0 Å². The number of carboxylic acids is 1. The molecule has 0 radical (unpaired) electrons. The molecule has 0 unspecified atom stereocenters. The van der Waals surface area contributed by atoms with Gasteiger partial charge in [0.1, 0.15) is 0 Å². The summed E-state index contributed by atoms with van der Waals surface area (Å²) in [6.45, 7) is 1.71. The van der Waals surface area contributed by atoms with E-state index in [0.717, 1.165) is 0 Å². The lowest BCUT2D eigenvalue weighted by molar-refractivity contribution is 0.0696. The Morgan fingerprint density at radius 1 is 1.26 bits per heavy atom. The highest BCUT2D eigenvalue weighted by Crippen LogP contribution is 2.19. The van der Waals surface area contributed by atoms with Crippen molar-refractivity contribution < 1.29 is 19.1 Å². The van der Waals surface area contributed by atoms with E-state index in [1.165, 1.54) is 30.3 Å². The summed E-state index contributed by atoms with van der Waals surface area (Å²) < 4.78 is 4.98. The topological polar surface area (TPSA) is 79.5 Å². The Labute approximate surface area is 113 Å². The first kappa shape index (κ1) is 13.2. The second kappa shape index (κ2) is 5.16. The molecule has 98 valence electrons. The van der Waals surface area contributed by atoms with Crippen LogP contribution in [0.5, 0.6) is 0 Å². The number of carbonyl (C=O) groups is 2. The van der Waals surface area contributed by atoms with Gasteiger partial charge in [-0.25, -0.2) is 4.79 Å². The fraction of sp³-hybridized carbons (Fsp3) is 0.0769. The molecular weight excluding hydrogens is 270 g/mol. The molecule has 2 rings (SSSR count). The molecule has 5 nitrogen and oxygen atoms in total. The highest BCUT2D eigenvalue weighted by molar-refractivity contribution is 6.29. The number of amides is 1. The third kappa shape index (κ3) is 2.95. The summed E-state index contributed by atoms with van der Waals surface area (Å²) in [6, 6.07) is 7.35. The summed E-state index contributed by atoms with van der Waals surface area (Å²) in [5, 5.41) is 11.6. The van der Waals surface area contributed by atoms with E-state index in [1.807, 2.05) is 0 Å². The van der Waals surface area contributed by atoms with Crippen LogP contribution < -0.4 is 5.32 Å². The van der Waals surface area contributed by atoms with E-state index in [2.05, 4.69) is 5.32 Å². The van der Waals surface area contributed by atoms with Gasteiger partial charge in [-0.3, -0.25) is 4.79 Å². The number of aryl methyl sites for hydroxylation is 1. The van der Waals surface area contributed by atoms with Gasteiger partial charge >= 0.3 is 5.97 Å². The van der Waals surface area contributed by atoms with E-state index in [0.29, 0.717) is 11.3 Å². The molecule has 0 bridgehead atoms. The number of furan rings is 1. The van der Waals surface area contributed by atoms with Gasteiger partial charge in [-0.15, -0.1) is 0 Å². The Kier molecular flexibility index (Phi) is 3.57. The lowest BCUT2D eigenvalue weighted by Gasteiger charge is -2.07. The number of aromatic carboxylic acids is 1. The van der Waals surface area contributed by atoms with E-state index in [9.17, 15) is 9.59 Å². The van der Waals surface area contributed by atoms with E-state index >= 15 is 0 Å².